The predicted molar refractivity (Wildman–Crippen MR) is 120 cm³/mol. The quantitative estimate of drug-likeness (QED) is 0.688. The van der Waals surface area contributed by atoms with Gasteiger partial charge >= 0.3 is 0 Å². The fraction of sp³-hybridized carbons (Fsp3) is 0.360. The van der Waals surface area contributed by atoms with Gasteiger partial charge < -0.3 is 14.8 Å². The number of amides is 1. The summed E-state index contributed by atoms with van der Waals surface area (Å²) in [5, 5.41) is 4.11. The second kappa shape index (κ2) is 8.94. The normalized spacial score (nSPS) is 19.3. The minimum absolute atomic E-state index is 0.0434. The molecular formula is C25H27N3O3. The van der Waals surface area contributed by atoms with E-state index in [2.05, 4.69) is 15.2 Å². The summed E-state index contributed by atoms with van der Waals surface area (Å²) in [7, 11) is 0. The monoisotopic (exact) mass is 417 g/mol. The largest absolute Gasteiger partial charge is 0.486 e. The van der Waals surface area contributed by atoms with E-state index < -0.39 is 0 Å². The zero-order valence-corrected chi connectivity index (χ0v) is 17.5. The molecule has 1 atom stereocenters. The lowest BCUT2D eigenvalue weighted by Crippen LogP contribution is -2.45. The predicted octanol–water partition coefficient (Wildman–Crippen LogP) is 3.52. The van der Waals surface area contributed by atoms with Gasteiger partial charge in [0.05, 0.1) is 11.1 Å². The van der Waals surface area contributed by atoms with Gasteiger partial charge in [-0.25, -0.2) is 0 Å². The molecule has 5 rings (SSSR count). The van der Waals surface area contributed by atoms with E-state index in [9.17, 15) is 4.79 Å². The Morgan fingerprint density at radius 1 is 1.03 bits per heavy atom. The lowest BCUT2D eigenvalue weighted by Gasteiger charge is -2.35. The van der Waals surface area contributed by atoms with E-state index in [1.54, 1.807) is 6.20 Å². The molecular weight excluding hydrogens is 390 g/mol. The number of ether oxygens (including phenoxy) is 2. The van der Waals surface area contributed by atoms with E-state index in [0.717, 1.165) is 54.9 Å². The van der Waals surface area contributed by atoms with Crippen molar-refractivity contribution in [2.75, 3.05) is 32.8 Å². The molecule has 1 fully saturated rings. The summed E-state index contributed by atoms with van der Waals surface area (Å²) in [6, 6.07) is 17.4. The number of hydrogen-bond acceptors (Lipinski definition) is 5. The van der Waals surface area contributed by atoms with Gasteiger partial charge in [0, 0.05) is 24.7 Å². The highest BCUT2D eigenvalue weighted by atomic mass is 16.6. The molecule has 1 amide bonds. The Morgan fingerprint density at radius 2 is 1.84 bits per heavy atom. The maximum absolute atomic E-state index is 12.7. The second-order valence-corrected chi connectivity index (χ2v) is 8.33. The molecule has 2 aromatic carbocycles. The number of fused-ring (bicyclic) bond motifs is 2. The Bertz CT molecular complexity index is 1060. The van der Waals surface area contributed by atoms with Crippen LogP contribution in [0.1, 0.15) is 23.2 Å². The van der Waals surface area contributed by atoms with Crippen molar-refractivity contribution in [3.05, 3.63) is 66.4 Å². The molecule has 0 aliphatic carbocycles. The first-order chi connectivity index (χ1) is 15.3. The number of para-hydroxylation sites is 3. The first-order valence-electron chi connectivity index (χ1n) is 11.0. The van der Waals surface area contributed by atoms with Gasteiger partial charge in [0.15, 0.2) is 11.5 Å². The summed E-state index contributed by atoms with van der Waals surface area (Å²) < 4.78 is 11.9. The minimum atomic E-state index is -0.0434. The van der Waals surface area contributed by atoms with Crippen LogP contribution in [0.2, 0.25) is 0 Å². The molecule has 0 spiro atoms. The topological polar surface area (TPSA) is 63.7 Å². The Morgan fingerprint density at radius 3 is 2.71 bits per heavy atom. The molecule has 6 nitrogen and oxygen atoms in total. The molecule has 0 saturated carbocycles. The third-order valence-corrected chi connectivity index (χ3v) is 6.17. The number of nitrogens with zero attached hydrogens (tertiary/aromatic N) is 2. The summed E-state index contributed by atoms with van der Waals surface area (Å²) >= 11 is 0. The average Bonchev–Trinajstić information content (AvgIpc) is 2.83. The molecule has 2 aliphatic heterocycles. The fourth-order valence-electron chi connectivity index (χ4n) is 4.43. The number of carbonyl (C=O) groups is 1. The van der Waals surface area contributed by atoms with Gasteiger partial charge in [-0.1, -0.05) is 30.3 Å². The third-order valence-electron chi connectivity index (χ3n) is 6.17. The first kappa shape index (κ1) is 19.8. The zero-order valence-electron chi connectivity index (χ0n) is 17.5. The van der Waals surface area contributed by atoms with Crippen molar-refractivity contribution in [2.24, 2.45) is 5.92 Å². The molecule has 6 heteroatoms. The lowest BCUT2D eigenvalue weighted by atomic mass is 9.96. The van der Waals surface area contributed by atoms with Gasteiger partial charge in [0.2, 0.25) is 0 Å². The van der Waals surface area contributed by atoms with E-state index in [-0.39, 0.29) is 12.0 Å². The molecule has 160 valence electrons. The van der Waals surface area contributed by atoms with Crippen LogP contribution in [0.3, 0.4) is 0 Å². The maximum Gasteiger partial charge on any atom is 0.253 e. The summed E-state index contributed by atoms with van der Waals surface area (Å²) in [6.45, 7) is 4.18. The van der Waals surface area contributed by atoms with Crippen LogP contribution in [-0.4, -0.2) is 54.7 Å². The highest BCUT2D eigenvalue weighted by Gasteiger charge is 2.26. The van der Waals surface area contributed by atoms with Crippen molar-refractivity contribution in [3.8, 4) is 11.5 Å². The van der Waals surface area contributed by atoms with Crippen molar-refractivity contribution in [1.29, 1.82) is 0 Å². The summed E-state index contributed by atoms with van der Waals surface area (Å²) in [5.41, 5.74) is 1.40. The molecule has 1 unspecified atom stereocenters. The lowest BCUT2D eigenvalue weighted by molar-refractivity contribution is 0.0476. The Labute approximate surface area is 182 Å². The van der Waals surface area contributed by atoms with Gasteiger partial charge in [0.25, 0.3) is 5.91 Å². The van der Waals surface area contributed by atoms with E-state index >= 15 is 0 Å². The molecule has 2 aliphatic rings. The number of likely N-dealkylation sites (tertiary alicyclic amines) is 1. The van der Waals surface area contributed by atoms with Crippen LogP contribution < -0.4 is 14.8 Å². The van der Waals surface area contributed by atoms with E-state index in [1.807, 2.05) is 54.6 Å². The van der Waals surface area contributed by atoms with Crippen molar-refractivity contribution >= 4 is 16.8 Å². The van der Waals surface area contributed by atoms with Gasteiger partial charge in [-0.15, -0.1) is 0 Å². The molecule has 0 bridgehead atoms. The van der Waals surface area contributed by atoms with E-state index in [4.69, 9.17) is 9.47 Å². The summed E-state index contributed by atoms with van der Waals surface area (Å²) in [4.78, 5) is 19.6. The highest BCUT2D eigenvalue weighted by molar-refractivity contribution is 6.05. The van der Waals surface area contributed by atoms with Crippen LogP contribution in [-0.2, 0) is 0 Å². The number of piperidine rings is 1. The van der Waals surface area contributed by atoms with Crippen molar-refractivity contribution in [2.45, 2.75) is 18.9 Å². The highest BCUT2D eigenvalue weighted by Crippen LogP contribution is 2.31. The second-order valence-electron chi connectivity index (χ2n) is 8.33. The SMILES string of the molecule is O=C(NCC1CCN(CC2COc3ccccc3O2)CC1)c1cccc2cccnc12. The fourth-order valence-corrected chi connectivity index (χ4v) is 4.43. The third kappa shape index (κ3) is 4.49. The van der Waals surface area contributed by atoms with Crippen molar-refractivity contribution < 1.29 is 14.3 Å². The number of hydrogen-bond donors (Lipinski definition) is 1. The van der Waals surface area contributed by atoms with E-state index in [0.29, 0.717) is 24.6 Å². The van der Waals surface area contributed by atoms with Crippen LogP contribution >= 0.6 is 0 Å². The van der Waals surface area contributed by atoms with Gasteiger partial charge in [0.1, 0.15) is 12.7 Å². The molecule has 3 heterocycles. The minimum Gasteiger partial charge on any atom is -0.486 e. The van der Waals surface area contributed by atoms with Crippen LogP contribution in [0.4, 0.5) is 0 Å². The Kier molecular flexibility index (Phi) is 5.71. The van der Waals surface area contributed by atoms with Crippen molar-refractivity contribution in [1.82, 2.24) is 15.2 Å². The van der Waals surface area contributed by atoms with Gasteiger partial charge in [-0.05, 0) is 56.1 Å². The number of aromatic nitrogens is 1. The zero-order chi connectivity index (χ0) is 21.0. The smallest absolute Gasteiger partial charge is 0.253 e. The van der Waals surface area contributed by atoms with Crippen LogP contribution in [0.15, 0.2) is 60.8 Å². The molecule has 1 saturated heterocycles. The molecule has 3 aromatic rings. The number of benzene rings is 2. The first-order valence-corrected chi connectivity index (χ1v) is 11.0. The van der Waals surface area contributed by atoms with Gasteiger partial charge in [-0.3, -0.25) is 14.7 Å². The average molecular weight is 418 g/mol. The van der Waals surface area contributed by atoms with Gasteiger partial charge in [-0.2, -0.15) is 0 Å². The standard InChI is InChI=1S/C25H27N3O3/c29-25(21-7-3-5-19-6-4-12-26-24(19)21)27-15-18-10-13-28(14-11-18)16-20-17-30-22-8-1-2-9-23(22)31-20/h1-9,12,18,20H,10-11,13-17H2,(H,27,29). The van der Waals surface area contributed by atoms with Crippen molar-refractivity contribution in [3.63, 3.8) is 0 Å². The molecule has 1 aromatic heterocycles. The number of pyridine rings is 1. The maximum atomic E-state index is 12.7. The Hall–Kier alpha value is -3.12. The van der Waals surface area contributed by atoms with Crippen LogP contribution in [0.5, 0.6) is 11.5 Å². The Balaban J connectivity index is 1.09. The van der Waals surface area contributed by atoms with Crippen LogP contribution in [0.25, 0.3) is 10.9 Å². The number of rotatable bonds is 5. The molecule has 31 heavy (non-hydrogen) atoms. The molecule has 1 N–H and O–H groups in total. The number of nitrogens with one attached hydrogen (secondary N) is 1. The summed E-state index contributed by atoms with van der Waals surface area (Å²) in [5.74, 6) is 2.11. The van der Waals surface area contributed by atoms with E-state index in [1.165, 1.54) is 0 Å². The van der Waals surface area contributed by atoms with Crippen LogP contribution in [0, 0.1) is 5.92 Å². The summed E-state index contributed by atoms with van der Waals surface area (Å²) in [6.07, 6.45) is 3.93. The molecule has 0 radical (unpaired) electrons. The number of carbonyl (C=O) groups excluding carboxylic acids is 1.